The van der Waals surface area contributed by atoms with E-state index in [0.29, 0.717) is 18.8 Å². The highest BCUT2D eigenvalue weighted by Gasteiger charge is 2.35. The highest BCUT2D eigenvalue weighted by atomic mass is 19.1. The number of nitrogens with zero attached hydrogens (tertiary/aromatic N) is 2. The Morgan fingerprint density at radius 2 is 1.93 bits per heavy atom. The van der Waals surface area contributed by atoms with Crippen LogP contribution >= 0.6 is 0 Å². The maximum Gasteiger partial charge on any atom is 0.272 e. The molecule has 1 aliphatic rings. The van der Waals surface area contributed by atoms with Gasteiger partial charge in [0.2, 0.25) is 5.91 Å². The van der Waals surface area contributed by atoms with Crippen molar-refractivity contribution in [3.8, 4) is 11.4 Å². The van der Waals surface area contributed by atoms with Gasteiger partial charge in [0.25, 0.3) is 5.91 Å². The number of hydrogen-bond donors (Lipinski definition) is 2. The number of hydrogen-bond acceptors (Lipinski definition) is 4. The highest BCUT2D eigenvalue weighted by molar-refractivity contribution is 5.97. The minimum Gasteiger partial charge on any atom is -0.373 e. The average Bonchev–Trinajstić information content (AvgIpc) is 3.07. The molecule has 0 aliphatic carbocycles. The number of amides is 2. The van der Waals surface area contributed by atoms with Gasteiger partial charge >= 0.3 is 0 Å². The molecule has 1 unspecified atom stereocenters. The molecule has 3 rings (SSSR count). The predicted molar refractivity (Wildman–Crippen MR) is 107 cm³/mol. The van der Waals surface area contributed by atoms with Gasteiger partial charge in [-0.1, -0.05) is 20.8 Å². The fraction of sp³-hybridized carbons (Fsp3) is 0.476. The van der Waals surface area contributed by atoms with Crippen molar-refractivity contribution in [1.29, 1.82) is 0 Å². The second-order valence-electron chi connectivity index (χ2n) is 8.40. The van der Waals surface area contributed by atoms with E-state index in [4.69, 9.17) is 4.74 Å². The molecule has 162 valence electrons. The molecular weight excluding hydrogens is 394 g/mol. The number of halogens is 2. The van der Waals surface area contributed by atoms with Crippen LogP contribution in [0.4, 0.5) is 8.78 Å². The van der Waals surface area contributed by atoms with E-state index < -0.39 is 29.0 Å². The Bertz CT molecular complexity index is 995. The maximum atomic E-state index is 14.5. The summed E-state index contributed by atoms with van der Waals surface area (Å²) in [5, 5.41) is 5.29. The predicted octanol–water partition coefficient (Wildman–Crippen LogP) is 2.56. The molecule has 2 N–H and O–H groups in total. The Morgan fingerprint density at radius 3 is 2.57 bits per heavy atom. The Balaban J connectivity index is 2.06. The third-order valence-electron chi connectivity index (χ3n) is 5.12. The minimum atomic E-state index is -0.801. The molecule has 0 saturated heterocycles. The lowest BCUT2D eigenvalue weighted by Crippen LogP contribution is -2.53. The van der Waals surface area contributed by atoms with Crippen molar-refractivity contribution >= 4 is 11.8 Å². The first-order valence-corrected chi connectivity index (χ1v) is 9.70. The summed E-state index contributed by atoms with van der Waals surface area (Å²) in [7, 11) is 1.50. The van der Waals surface area contributed by atoms with Gasteiger partial charge in [-0.15, -0.1) is 0 Å². The molecule has 2 amide bonds. The lowest BCUT2D eigenvalue weighted by molar-refractivity contribution is -0.124. The Kier molecular flexibility index (Phi) is 5.94. The minimum absolute atomic E-state index is 0.0595. The first-order valence-electron chi connectivity index (χ1n) is 9.70. The smallest absolute Gasteiger partial charge is 0.272 e. The Hall–Kier alpha value is -2.81. The summed E-state index contributed by atoms with van der Waals surface area (Å²) in [6.45, 7) is 7.91. The molecule has 0 radical (unpaired) electrons. The Labute approximate surface area is 173 Å². The lowest BCUT2D eigenvalue weighted by atomic mass is 9.86. The van der Waals surface area contributed by atoms with Crippen LogP contribution in [0.3, 0.4) is 0 Å². The van der Waals surface area contributed by atoms with Crippen molar-refractivity contribution in [3.05, 3.63) is 40.7 Å². The second kappa shape index (κ2) is 8.14. The van der Waals surface area contributed by atoms with Crippen LogP contribution in [-0.4, -0.2) is 41.1 Å². The van der Waals surface area contributed by atoms with E-state index in [0.717, 1.165) is 6.07 Å². The third-order valence-corrected chi connectivity index (χ3v) is 5.12. The molecule has 0 saturated carbocycles. The van der Waals surface area contributed by atoms with Crippen molar-refractivity contribution in [1.82, 2.24) is 20.2 Å². The summed E-state index contributed by atoms with van der Waals surface area (Å²) in [5.74, 6) is -2.07. The fourth-order valence-corrected chi connectivity index (χ4v) is 3.43. The maximum absolute atomic E-state index is 14.5. The monoisotopic (exact) mass is 420 g/mol. The number of ether oxygens (including phenoxy) is 1. The number of benzene rings is 1. The number of carbonyl (C=O) groups is 2. The molecule has 2 heterocycles. The summed E-state index contributed by atoms with van der Waals surface area (Å²) >= 11 is 0. The van der Waals surface area contributed by atoms with Crippen LogP contribution in [-0.2, 0) is 22.7 Å². The van der Waals surface area contributed by atoms with Gasteiger partial charge in [-0.25, -0.2) is 13.8 Å². The van der Waals surface area contributed by atoms with Crippen molar-refractivity contribution in [2.75, 3.05) is 13.7 Å². The van der Waals surface area contributed by atoms with E-state index >= 15 is 0 Å². The van der Waals surface area contributed by atoms with Crippen molar-refractivity contribution in [3.63, 3.8) is 0 Å². The largest absolute Gasteiger partial charge is 0.373 e. The molecule has 30 heavy (non-hydrogen) atoms. The van der Waals surface area contributed by atoms with E-state index in [2.05, 4.69) is 15.6 Å². The summed E-state index contributed by atoms with van der Waals surface area (Å²) in [5.41, 5.74) is 0.377. The lowest BCUT2D eigenvalue weighted by Gasteiger charge is -2.29. The van der Waals surface area contributed by atoms with Crippen LogP contribution in [0, 0.1) is 24.0 Å². The van der Waals surface area contributed by atoms with E-state index in [1.165, 1.54) is 20.0 Å². The van der Waals surface area contributed by atoms with Crippen LogP contribution in [0.2, 0.25) is 0 Å². The number of likely N-dealkylation sites (N-methyl/N-ethyl adjacent to an activating group) is 1. The van der Waals surface area contributed by atoms with Gasteiger partial charge in [0.05, 0.1) is 24.5 Å². The van der Waals surface area contributed by atoms with Gasteiger partial charge in [-0.05, 0) is 24.0 Å². The van der Waals surface area contributed by atoms with Crippen molar-refractivity contribution in [2.45, 2.75) is 46.9 Å². The molecule has 0 spiro atoms. The summed E-state index contributed by atoms with van der Waals surface area (Å²) in [6.07, 6.45) is 0. The standard InChI is InChI=1S/C21H26F2N4O3/c1-11-8-12(14(23)9-13(11)22)18-25-16(15-10-30-7-6-27(15)18)19(28)26-17(20(29)24-5)21(2,3)4/h8-9,17H,6-7,10H2,1-5H3,(H,24,29)(H,26,28). The molecular formula is C21H26F2N4O3. The SMILES string of the molecule is CNC(=O)C(NC(=O)c1nc(-c2cc(C)c(F)cc2F)n2c1COCC2)C(C)(C)C. The number of imidazole rings is 1. The fourth-order valence-electron chi connectivity index (χ4n) is 3.43. The number of aryl methyl sites for hydroxylation is 1. The normalized spacial score (nSPS) is 14.8. The van der Waals surface area contributed by atoms with Crippen LogP contribution in [0.1, 0.15) is 42.5 Å². The Morgan fingerprint density at radius 1 is 1.23 bits per heavy atom. The van der Waals surface area contributed by atoms with Crippen LogP contribution in [0.25, 0.3) is 11.4 Å². The number of fused-ring (bicyclic) bond motifs is 1. The van der Waals surface area contributed by atoms with Gasteiger partial charge in [0, 0.05) is 19.7 Å². The molecule has 1 aliphatic heterocycles. The molecule has 2 aromatic rings. The van der Waals surface area contributed by atoms with Crippen LogP contribution < -0.4 is 10.6 Å². The van der Waals surface area contributed by atoms with Crippen LogP contribution in [0.15, 0.2) is 12.1 Å². The molecule has 0 bridgehead atoms. The number of aromatic nitrogens is 2. The average molecular weight is 420 g/mol. The van der Waals surface area contributed by atoms with Crippen molar-refractivity contribution < 1.29 is 23.1 Å². The van der Waals surface area contributed by atoms with E-state index in [1.807, 2.05) is 20.8 Å². The van der Waals surface area contributed by atoms with Crippen LogP contribution in [0.5, 0.6) is 0 Å². The molecule has 7 nitrogen and oxygen atoms in total. The van der Waals surface area contributed by atoms with E-state index in [9.17, 15) is 18.4 Å². The first-order chi connectivity index (χ1) is 14.0. The van der Waals surface area contributed by atoms with Crippen molar-refractivity contribution in [2.24, 2.45) is 5.41 Å². The summed E-state index contributed by atoms with van der Waals surface area (Å²) in [6, 6.07) is 1.39. The molecule has 1 aromatic carbocycles. The third kappa shape index (κ3) is 4.07. The van der Waals surface area contributed by atoms with Gasteiger partial charge in [0.15, 0.2) is 5.69 Å². The number of carbonyl (C=O) groups excluding carboxylic acids is 2. The molecule has 1 aromatic heterocycles. The highest BCUT2D eigenvalue weighted by Crippen LogP contribution is 2.29. The number of nitrogens with one attached hydrogen (secondary N) is 2. The summed E-state index contributed by atoms with van der Waals surface area (Å²) < 4.78 is 35.4. The zero-order valence-corrected chi connectivity index (χ0v) is 17.7. The topological polar surface area (TPSA) is 85.3 Å². The second-order valence-corrected chi connectivity index (χ2v) is 8.40. The quantitative estimate of drug-likeness (QED) is 0.796. The molecule has 9 heteroatoms. The first kappa shape index (κ1) is 21.9. The zero-order valence-electron chi connectivity index (χ0n) is 17.7. The summed E-state index contributed by atoms with van der Waals surface area (Å²) in [4.78, 5) is 29.8. The van der Waals surface area contributed by atoms with Gasteiger partial charge < -0.3 is 19.9 Å². The van der Waals surface area contributed by atoms with Gasteiger partial charge in [0.1, 0.15) is 23.5 Å². The zero-order chi connectivity index (χ0) is 22.2. The van der Waals surface area contributed by atoms with Gasteiger partial charge in [-0.2, -0.15) is 0 Å². The van der Waals surface area contributed by atoms with Gasteiger partial charge in [-0.3, -0.25) is 9.59 Å². The number of rotatable bonds is 4. The van der Waals surface area contributed by atoms with E-state index in [-0.39, 0.29) is 35.2 Å². The van der Waals surface area contributed by atoms with E-state index in [1.54, 1.807) is 4.57 Å². The molecule has 1 atom stereocenters. The molecule has 0 fully saturated rings.